The summed E-state index contributed by atoms with van der Waals surface area (Å²) in [6, 6.07) is 15.0. The number of anilines is 1. The summed E-state index contributed by atoms with van der Waals surface area (Å²) >= 11 is 3.37. The van der Waals surface area contributed by atoms with Crippen molar-refractivity contribution < 1.29 is 4.74 Å². The number of nitrogens with two attached hydrogens (primary N) is 1. The highest BCUT2D eigenvalue weighted by atomic mass is 79.9. The van der Waals surface area contributed by atoms with Crippen LogP contribution in [-0.2, 0) is 0 Å². The molecule has 0 bridgehead atoms. The number of nitrogen functional groups attached to an aromatic ring is 1. The fourth-order valence-corrected chi connectivity index (χ4v) is 1.95. The van der Waals surface area contributed by atoms with Gasteiger partial charge in [0.15, 0.2) is 5.82 Å². The lowest BCUT2D eigenvalue weighted by Gasteiger charge is -2.08. The molecule has 3 rings (SSSR count). The Morgan fingerprint density at radius 2 is 1.53 bits per heavy atom. The lowest BCUT2D eigenvalue weighted by atomic mass is 10.3. The maximum Gasteiger partial charge on any atom is 0.263 e. The fourth-order valence-electron chi connectivity index (χ4n) is 1.69. The van der Waals surface area contributed by atoms with E-state index in [1.807, 2.05) is 48.5 Å². The number of hydrogen-bond acceptors (Lipinski definition) is 4. The third-order valence-electron chi connectivity index (χ3n) is 2.59. The Labute approximate surface area is 118 Å². The average molecular weight is 316 g/mol. The first-order valence-electron chi connectivity index (χ1n) is 5.68. The van der Waals surface area contributed by atoms with Crippen LogP contribution in [0.1, 0.15) is 0 Å². The molecular formula is C14H10BrN3O. The monoisotopic (exact) mass is 315 g/mol. The minimum atomic E-state index is 0.279. The number of aromatic nitrogens is 2. The van der Waals surface area contributed by atoms with Gasteiger partial charge in [0, 0.05) is 4.47 Å². The zero-order chi connectivity index (χ0) is 13.2. The number of para-hydroxylation sites is 2. The second-order valence-corrected chi connectivity index (χ2v) is 4.87. The van der Waals surface area contributed by atoms with E-state index < -0.39 is 0 Å². The lowest BCUT2D eigenvalue weighted by molar-refractivity contribution is 0.465. The normalized spacial score (nSPS) is 10.6. The summed E-state index contributed by atoms with van der Waals surface area (Å²) in [6.45, 7) is 0. The van der Waals surface area contributed by atoms with Crippen LogP contribution < -0.4 is 10.5 Å². The van der Waals surface area contributed by atoms with Gasteiger partial charge < -0.3 is 10.5 Å². The smallest absolute Gasteiger partial charge is 0.263 e. The van der Waals surface area contributed by atoms with Gasteiger partial charge >= 0.3 is 0 Å². The van der Waals surface area contributed by atoms with Gasteiger partial charge in [-0.15, -0.1) is 0 Å². The van der Waals surface area contributed by atoms with Crippen LogP contribution in [0.4, 0.5) is 5.82 Å². The Morgan fingerprint density at radius 3 is 2.21 bits per heavy atom. The van der Waals surface area contributed by atoms with Crippen LogP contribution in [0.5, 0.6) is 11.6 Å². The molecule has 1 heterocycles. The Kier molecular flexibility index (Phi) is 3.05. The molecule has 5 heteroatoms. The Hall–Kier alpha value is -2.14. The van der Waals surface area contributed by atoms with E-state index >= 15 is 0 Å². The van der Waals surface area contributed by atoms with Crippen LogP contribution in [0.2, 0.25) is 0 Å². The van der Waals surface area contributed by atoms with E-state index in [4.69, 9.17) is 10.5 Å². The molecule has 4 nitrogen and oxygen atoms in total. The molecule has 94 valence electrons. The minimum absolute atomic E-state index is 0.279. The first-order chi connectivity index (χ1) is 9.22. The van der Waals surface area contributed by atoms with Crippen molar-refractivity contribution in [2.75, 3.05) is 5.73 Å². The van der Waals surface area contributed by atoms with Crippen LogP contribution in [0.15, 0.2) is 53.0 Å². The summed E-state index contributed by atoms with van der Waals surface area (Å²) in [5.74, 6) is 1.27. The Morgan fingerprint density at radius 1 is 0.895 bits per heavy atom. The third kappa shape index (κ3) is 2.51. The molecule has 0 atom stereocenters. The maximum atomic E-state index is 5.86. The lowest BCUT2D eigenvalue weighted by Crippen LogP contribution is -1.99. The second kappa shape index (κ2) is 4.85. The molecule has 3 aromatic rings. The van der Waals surface area contributed by atoms with E-state index in [-0.39, 0.29) is 5.82 Å². The zero-order valence-electron chi connectivity index (χ0n) is 9.88. The largest absolute Gasteiger partial charge is 0.436 e. The molecule has 19 heavy (non-hydrogen) atoms. The predicted octanol–water partition coefficient (Wildman–Crippen LogP) is 3.77. The number of nitrogens with zero attached hydrogens (tertiary/aromatic N) is 2. The van der Waals surface area contributed by atoms with Crippen molar-refractivity contribution in [1.29, 1.82) is 0 Å². The first kappa shape index (κ1) is 11.9. The van der Waals surface area contributed by atoms with Gasteiger partial charge in [-0.1, -0.05) is 28.1 Å². The molecule has 0 unspecified atom stereocenters. The molecule has 0 radical (unpaired) electrons. The molecule has 0 fully saturated rings. The van der Waals surface area contributed by atoms with Crippen molar-refractivity contribution >= 4 is 32.8 Å². The molecule has 0 amide bonds. The summed E-state index contributed by atoms with van der Waals surface area (Å²) in [4.78, 5) is 8.64. The molecule has 0 aliphatic carbocycles. The molecule has 0 saturated heterocycles. The quantitative estimate of drug-likeness (QED) is 0.782. The van der Waals surface area contributed by atoms with E-state index in [1.54, 1.807) is 0 Å². The Balaban J connectivity index is 2.00. The van der Waals surface area contributed by atoms with Gasteiger partial charge in [-0.05, 0) is 36.4 Å². The van der Waals surface area contributed by atoms with Crippen LogP contribution >= 0.6 is 15.9 Å². The van der Waals surface area contributed by atoms with Crippen molar-refractivity contribution in [3.63, 3.8) is 0 Å². The van der Waals surface area contributed by atoms with Crippen LogP contribution in [-0.4, -0.2) is 9.97 Å². The minimum Gasteiger partial charge on any atom is -0.436 e. The van der Waals surface area contributed by atoms with Crippen molar-refractivity contribution in [3.05, 3.63) is 53.0 Å². The van der Waals surface area contributed by atoms with Gasteiger partial charge in [0.1, 0.15) is 5.75 Å². The SMILES string of the molecule is Nc1nc2ccccc2nc1Oc1ccc(Br)cc1. The van der Waals surface area contributed by atoms with Crippen molar-refractivity contribution in [2.24, 2.45) is 0 Å². The standard InChI is InChI=1S/C14H10BrN3O/c15-9-5-7-10(8-6-9)19-14-13(16)17-11-3-1-2-4-12(11)18-14/h1-8H,(H2,16,17). The van der Waals surface area contributed by atoms with Gasteiger partial charge in [0.05, 0.1) is 11.0 Å². The predicted molar refractivity (Wildman–Crippen MR) is 78.2 cm³/mol. The Bertz CT molecular complexity index is 728. The topological polar surface area (TPSA) is 61.0 Å². The highest BCUT2D eigenvalue weighted by molar-refractivity contribution is 9.10. The number of rotatable bonds is 2. The number of halogens is 1. The molecule has 0 aliphatic rings. The summed E-state index contributed by atoms with van der Waals surface area (Å²) in [6.07, 6.45) is 0. The second-order valence-electron chi connectivity index (χ2n) is 3.96. The van der Waals surface area contributed by atoms with Gasteiger partial charge in [0.2, 0.25) is 0 Å². The molecule has 2 N–H and O–H groups in total. The van der Waals surface area contributed by atoms with Gasteiger partial charge in [-0.3, -0.25) is 0 Å². The number of benzene rings is 2. The number of hydrogen-bond donors (Lipinski definition) is 1. The van der Waals surface area contributed by atoms with Crippen molar-refractivity contribution in [2.45, 2.75) is 0 Å². The summed E-state index contributed by atoms with van der Waals surface area (Å²) in [7, 11) is 0. The van der Waals surface area contributed by atoms with Crippen molar-refractivity contribution in [1.82, 2.24) is 9.97 Å². The average Bonchev–Trinajstić information content (AvgIpc) is 2.42. The summed E-state index contributed by atoms with van der Waals surface area (Å²) in [5.41, 5.74) is 7.36. The van der Waals surface area contributed by atoms with E-state index in [1.165, 1.54) is 0 Å². The molecule has 1 aromatic heterocycles. The van der Waals surface area contributed by atoms with Crippen LogP contribution in [0.3, 0.4) is 0 Å². The van der Waals surface area contributed by atoms with Gasteiger partial charge in [-0.2, -0.15) is 0 Å². The van der Waals surface area contributed by atoms with Crippen LogP contribution in [0, 0.1) is 0 Å². The van der Waals surface area contributed by atoms with E-state index in [2.05, 4.69) is 25.9 Å². The molecular weight excluding hydrogens is 306 g/mol. The highest BCUT2D eigenvalue weighted by Crippen LogP contribution is 2.27. The van der Waals surface area contributed by atoms with E-state index in [0.29, 0.717) is 11.6 Å². The fraction of sp³-hybridized carbons (Fsp3) is 0. The number of fused-ring (bicyclic) bond motifs is 1. The summed E-state index contributed by atoms with van der Waals surface area (Å²) in [5, 5.41) is 0. The third-order valence-corrected chi connectivity index (χ3v) is 3.12. The van der Waals surface area contributed by atoms with Gasteiger partial charge in [-0.25, -0.2) is 9.97 Å². The first-order valence-corrected chi connectivity index (χ1v) is 6.47. The zero-order valence-corrected chi connectivity index (χ0v) is 11.5. The van der Waals surface area contributed by atoms with Gasteiger partial charge in [0.25, 0.3) is 5.88 Å². The molecule has 2 aromatic carbocycles. The summed E-state index contributed by atoms with van der Waals surface area (Å²) < 4.78 is 6.64. The van der Waals surface area contributed by atoms with E-state index in [0.717, 1.165) is 15.5 Å². The molecule has 0 saturated carbocycles. The van der Waals surface area contributed by atoms with Crippen LogP contribution in [0.25, 0.3) is 11.0 Å². The number of ether oxygens (including phenoxy) is 1. The maximum absolute atomic E-state index is 5.86. The highest BCUT2D eigenvalue weighted by Gasteiger charge is 2.07. The van der Waals surface area contributed by atoms with Crippen molar-refractivity contribution in [3.8, 4) is 11.6 Å². The molecule has 0 aliphatic heterocycles. The molecule has 0 spiro atoms. The van der Waals surface area contributed by atoms with E-state index in [9.17, 15) is 0 Å².